The molecule has 26 heavy (non-hydrogen) atoms. The second-order valence-corrected chi connectivity index (χ2v) is 5.26. The lowest BCUT2D eigenvalue weighted by Crippen LogP contribution is -2.27. The predicted molar refractivity (Wildman–Crippen MR) is 95.8 cm³/mol. The van der Waals surface area contributed by atoms with Crippen LogP contribution in [0.2, 0.25) is 0 Å². The molecule has 0 bridgehead atoms. The minimum atomic E-state index is -0.978. The van der Waals surface area contributed by atoms with Crippen LogP contribution in [-0.2, 0) is 9.63 Å². The molecule has 3 N–H and O–H groups in total. The highest BCUT2D eigenvalue weighted by Gasteiger charge is 2.16. The predicted octanol–water partition coefficient (Wildman–Crippen LogP) is 2.51. The molecular weight excluding hydrogens is 341 g/mol. The molecule has 0 saturated carbocycles. The van der Waals surface area contributed by atoms with Crippen molar-refractivity contribution in [1.82, 2.24) is 0 Å². The van der Waals surface area contributed by atoms with Gasteiger partial charge in [-0.3, -0.25) is 4.79 Å². The minimum absolute atomic E-state index is 0.0523. The van der Waals surface area contributed by atoms with Crippen molar-refractivity contribution in [3.8, 4) is 11.5 Å². The maximum Gasteiger partial charge on any atom is 0.268 e. The lowest BCUT2D eigenvalue weighted by molar-refractivity contribution is -0.126. The summed E-state index contributed by atoms with van der Waals surface area (Å²) in [5.41, 5.74) is 6.46. The highest BCUT2D eigenvalue weighted by Crippen LogP contribution is 2.27. The van der Waals surface area contributed by atoms with E-state index in [0.717, 1.165) is 0 Å². The zero-order chi connectivity index (χ0) is 19.1. The minimum Gasteiger partial charge on any atom is -0.493 e. The van der Waals surface area contributed by atoms with Crippen molar-refractivity contribution >= 4 is 17.4 Å². The molecule has 0 aliphatic carbocycles. The van der Waals surface area contributed by atoms with Gasteiger partial charge in [-0.15, -0.1) is 0 Å². The van der Waals surface area contributed by atoms with Crippen LogP contribution in [0.25, 0.3) is 0 Å². The highest BCUT2D eigenvalue weighted by atomic mass is 19.1. The molecule has 7 nitrogen and oxygen atoms in total. The number of amidine groups is 1. The highest BCUT2D eigenvalue weighted by molar-refractivity contribution is 5.98. The number of ether oxygens (including phenoxy) is 2. The van der Waals surface area contributed by atoms with Crippen molar-refractivity contribution in [2.45, 2.75) is 13.0 Å². The van der Waals surface area contributed by atoms with Gasteiger partial charge in [-0.05, 0) is 37.3 Å². The summed E-state index contributed by atoms with van der Waals surface area (Å²) in [4.78, 5) is 17.2. The van der Waals surface area contributed by atoms with Gasteiger partial charge in [0.25, 0.3) is 5.91 Å². The Balaban J connectivity index is 2.03. The second kappa shape index (κ2) is 8.70. The summed E-state index contributed by atoms with van der Waals surface area (Å²) in [5.74, 6) is -0.0204. The van der Waals surface area contributed by atoms with Crippen LogP contribution >= 0.6 is 0 Å². The topological polar surface area (TPSA) is 95.2 Å². The molecule has 8 heteroatoms. The number of nitrogens with two attached hydrogens (primary N) is 1. The monoisotopic (exact) mass is 361 g/mol. The Labute approximate surface area is 150 Å². The maximum absolute atomic E-state index is 13.6. The number of amides is 1. The van der Waals surface area contributed by atoms with E-state index in [1.165, 1.54) is 39.3 Å². The number of methoxy groups -OCH3 is 2. The zero-order valence-electron chi connectivity index (χ0n) is 14.7. The van der Waals surface area contributed by atoms with Gasteiger partial charge in [0, 0.05) is 5.56 Å². The van der Waals surface area contributed by atoms with Crippen LogP contribution in [0.5, 0.6) is 11.5 Å². The van der Waals surface area contributed by atoms with Crippen LogP contribution in [0.1, 0.15) is 12.5 Å². The third-order valence-corrected chi connectivity index (χ3v) is 3.49. The van der Waals surface area contributed by atoms with Gasteiger partial charge in [-0.25, -0.2) is 4.39 Å². The number of carbonyl (C=O) groups excluding carboxylic acids is 1. The first-order chi connectivity index (χ1) is 12.5. The van der Waals surface area contributed by atoms with Gasteiger partial charge >= 0.3 is 0 Å². The number of nitrogens with zero attached hydrogens (tertiary/aromatic N) is 1. The van der Waals surface area contributed by atoms with Crippen molar-refractivity contribution in [2.24, 2.45) is 10.9 Å². The zero-order valence-corrected chi connectivity index (χ0v) is 14.7. The van der Waals surface area contributed by atoms with Crippen molar-refractivity contribution < 1.29 is 23.5 Å². The molecule has 138 valence electrons. The smallest absolute Gasteiger partial charge is 0.268 e. The first-order valence-corrected chi connectivity index (χ1v) is 7.73. The number of nitrogens with one attached hydrogen (secondary N) is 1. The molecule has 1 unspecified atom stereocenters. The van der Waals surface area contributed by atoms with E-state index in [4.69, 9.17) is 20.0 Å². The summed E-state index contributed by atoms with van der Waals surface area (Å²) in [6.45, 7) is 1.47. The summed E-state index contributed by atoms with van der Waals surface area (Å²) in [6.07, 6.45) is -0.978. The normalized spacial score (nSPS) is 12.2. The molecular formula is C18H20FN3O4. The second-order valence-electron chi connectivity index (χ2n) is 5.26. The first-order valence-electron chi connectivity index (χ1n) is 7.73. The van der Waals surface area contributed by atoms with E-state index in [1.54, 1.807) is 24.3 Å². The number of oxime groups is 1. The lowest BCUT2D eigenvalue weighted by Gasteiger charge is -2.12. The third kappa shape index (κ3) is 4.62. The number of carbonyl (C=O) groups is 1. The van der Waals surface area contributed by atoms with Crippen molar-refractivity contribution in [1.29, 1.82) is 0 Å². The van der Waals surface area contributed by atoms with Crippen molar-refractivity contribution in [3.63, 3.8) is 0 Å². The Morgan fingerprint density at radius 1 is 1.15 bits per heavy atom. The van der Waals surface area contributed by atoms with Crippen molar-refractivity contribution in [2.75, 3.05) is 19.5 Å². The molecule has 0 aliphatic rings. The molecule has 0 saturated heterocycles. The van der Waals surface area contributed by atoms with Gasteiger partial charge in [0.1, 0.15) is 5.82 Å². The van der Waals surface area contributed by atoms with Crippen LogP contribution in [0.3, 0.4) is 0 Å². The Morgan fingerprint density at radius 2 is 1.85 bits per heavy atom. The molecule has 0 radical (unpaired) electrons. The molecule has 2 rings (SSSR count). The molecule has 0 spiro atoms. The summed E-state index contributed by atoms with van der Waals surface area (Å²) in [5, 5.41) is 6.18. The van der Waals surface area contributed by atoms with E-state index in [1.807, 2.05) is 0 Å². The fourth-order valence-corrected chi connectivity index (χ4v) is 2.03. The van der Waals surface area contributed by atoms with E-state index < -0.39 is 17.8 Å². The van der Waals surface area contributed by atoms with Gasteiger partial charge < -0.3 is 25.4 Å². The molecule has 0 aromatic heterocycles. The Hall–Kier alpha value is -3.29. The first kappa shape index (κ1) is 19.0. The Morgan fingerprint density at radius 3 is 2.50 bits per heavy atom. The molecule has 1 atom stereocenters. The SMILES string of the molecule is COc1ccc(/C(N)=N/OC(C)C(=O)Nc2ccccc2F)cc1OC. The molecule has 0 heterocycles. The van der Waals surface area contributed by atoms with Gasteiger partial charge in [0.15, 0.2) is 17.3 Å². The summed E-state index contributed by atoms with van der Waals surface area (Å²) in [7, 11) is 3.02. The lowest BCUT2D eigenvalue weighted by atomic mass is 10.2. The molecule has 0 aliphatic heterocycles. The van der Waals surface area contributed by atoms with Gasteiger partial charge in [0.2, 0.25) is 6.10 Å². The summed E-state index contributed by atoms with van der Waals surface area (Å²) >= 11 is 0. The van der Waals surface area contributed by atoms with Crippen LogP contribution in [0.4, 0.5) is 10.1 Å². The van der Waals surface area contributed by atoms with Crippen LogP contribution in [0.15, 0.2) is 47.6 Å². The van der Waals surface area contributed by atoms with Gasteiger partial charge in [-0.2, -0.15) is 0 Å². The number of benzene rings is 2. The van der Waals surface area contributed by atoms with Crippen molar-refractivity contribution in [3.05, 3.63) is 53.8 Å². The summed E-state index contributed by atoms with van der Waals surface area (Å²) in [6, 6.07) is 10.8. The average Bonchev–Trinajstić information content (AvgIpc) is 2.66. The fourth-order valence-electron chi connectivity index (χ4n) is 2.03. The summed E-state index contributed by atoms with van der Waals surface area (Å²) < 4.78 is 23.9. The number of para-hydroxylation sites is 1. The average molecular weight is 361 g/mol. The standard InChI is InChI=1S/C18H20FN3O4/c1-11(18(23)21-14-7-5-4-6-13(14)19)26-22-17(20)12-8-9-15(24-2)16(10-12)25-3/h4-11H,1-3H3,(H2,20,22)(H,21,23). The van der Waals surface area contributed by atoms with Crippen LogP contribution in [0, 0.1) is 5.82 Å². The molecule has 1 amide bonds. The van der Waals surface area contributed by atoms with E-state index >= 15 is 0 Å². The largest absolute Gasteiger partial charge is 0.493 e. The van der Waals surface area contributed by atoms with E-state index in [0.29, 0.717) is 17.1 Å². The molecule has 2 aromatic carbocycles. The van der Waals surface area contributed by atoms with E-state index in [-0.39, 0.29) is 11.5 Å². The van der Waals surface area contributed by atoms with Gasteiger partial charge in [0.05, 0.1) is 19.9 Å². The number of rotatable bonds is 7. The Kier molecular flexibility index (Phi) is 6.37. The molecule has 0 fully saturated rings. The number of hydrogen-bond acceptors (Lipinski definition) is 5. The Bertz CT molecular complexity index is 811. The fraction of sp³-hybridized carbons (Fsp3) is 0.222. The number of anilines is 1. The van der Waals surface area contributed by atoms with E-state index in [9.17, 15) is 9.18 Å². The maximum atomic E-state index is 13.6. The van der Waals surface area contributed by atoms with E-state index in [2.05, 4.69) is 10.5 Å². The number of halogens is 1. The van der Waals surface area contributed by atoms with Crippen LogP contribution < -0.4 is 20.5 Å². The number of hydrogen-bond donors (Lipinski definition) is 2. The quantitative estimate of drug-likeness (QED) is 0.449. The van der Waals surface area contributed by atoms with Gasteiger partial charge in [-0.1, -0.05) is 17.3 Å². The third-order valence-electron chi connectivity index (χ3n) is 3.49. The van der Waals surface area contributed by atoms with Crippen LogP contribution in [-0.4, -0.2) is 32.1 Å². The molecule has 2 aromatic rings.